The zero-order valence-corrected chi connectivity index (χ0v) is 22.3. The lowest BCUT2D eigenvalue weighted by Crippen LogP contribution is -2.47. The Kier molecular flexibility index (Phi) is 7.81. The van der Waals surface area contributed by atoms with Gasteiger partial charge in [0.05, 0.1) is 12.2 Å². The van der Waals surface area contributed by atoms with Crippen LogP contribution in [0.15, 0.2) is 65.8 Å². The zero-order chi connectivity index (χ0) is 27.4. The molecule has 3 aromatic rings. The standard InChI is InChI=1S/C31H33N5O3/c1-20-15-24(22-9-4-3-5-10-22)17-25(16-20)34-31(39)36(19-28-26(21(2)37)12-8-14-32-28)29-30(38)35-27-13-7-6-11-23(27)18-33-29/h6-8,11-18,22,29H,3-5,9-10,19H2,1-2H3,(H,34,39)(H,35,38). The number of aliphatic imine (C=N–C) groups is 1. The number of para-hydroxylation sites is 1. The number of urea groups is 1. The van der Waals surface area contributed by atoms with Crippen LogP contribution in [0, 0.1) is 6.92 Å². The third-order valence-corrected chi connectivity index (χ3v) is 7.38. The second kappa shape index (κ2) is 11.6. The number of benzene rings is 2. The maximum Gasteiger partial charge on any atom is 0.324 e. The average Bonchev–Trinajstić information content (AvgIpc) is 3.10. The van der Waals surface area contributed by atoms with Crippen LogP contribution in [-0.2, 0) is 11.3 Å². The van der Waals surface area contributed by atoms with Gasteiger partial charge in [0.25, 0.3) is 5.91 Å². The van der Waals surface area contributed by atoms with Gasteiger partial charge < -0.3 is 10.6 Å². The van der Waals surface area contributed by atoms with E-state index >= 15 is 0 Å². The van der Waals surface area contributed by atoms with Crippen molar-refractivity contribution >= 4 is 35.3 Å². The molecule has 0 spiro atoms. The first-order valence-electron chi connectivity index (χ1n) is 13.5. The van der Waals surface area contributed by atoms with E-state index < -0.39 is 18.1 Å². The molecule has 8 heteroatoms. The number of aromatic nitrogens is 1. The molecule has 200 valence electrons. The Morgan fingerprint density at radius 2 is 1.85 bits per heavy atom. The van der Waals surface area contributed by atoms with Crippen molar-refractivity contribution in [2.45, 2.75) is 64.6 Å². The van der Waals surface area contributed by atoms with Crippen LogP contribution in [0.5, 0.6) is 0 Å². The van der Waals surface area contributed by atoms with E-state index in [-0.39, 0.29) is 12.3 Å². The molecule has 39 heavy (non-hydrogen) atoms. The SMILES string of the molecule is CC(=O)c1cccnc1CN(C(=O)Nc1cc(C)cc(C2CCCCC2)c1)C1N=Cc2ccccc2NC1=O. The van der Waals surface area contributed by atoms with Gasteiger partial charge in [0.15, 0.2) is 5.78 Å². The Labute approximate surface area is 228 Å². The van der Waals surface area contributed by atoms with Gasteiger partial charge in [0, 0.05) is 34.9 Å². The number of aryl methyl sites for hydroxylation is 1. The number of Topliss-reactive ketones (excluding diaryl/α,β-unsaturated/α-hetero) is 1. The summed E-state index contributed by atoms with van der Waals surface area (Å²) in [6.07, 6.45) is 7.99. The number of carbonyl (C=O) groups is 3. The monoisotopic (exact) mass is 523 g/mol. The molecular weight excluding hydrogens is 490 g/mol. The summed E-state index contributed by atoms with van der Waals surface area (Å²) in [7, 11) is 0. The predicted molar refractivity (Wildman–Crippen MR) is 152 cm³/mol. The van der Waals surface area contributed by atoms with Crippen LogP contribution < -0.4 is 10.6 Å². The van der Waals surface area contributed by atoms with E-state index in [1.165, 1.54) is 36.6 Å². The second-order valence-corrected chi connectivity index (χ2v) is 10.3. The number of amides is 3. The second-order valence-electron chi connectivity index (χ2n) is 10.3. The molecule has 8 nitrogen and oxygen atoms in total. The van der Waals surface area contributed by atoms with E-state index in [1.54, 1.807) is 30.6 Å². The van der Waals surface area contributed by atoms with Crippen LogP contribution >= 0.6 is 0 Å². The van der Waals surface area contributed by atoms with Gasteiger partial charge in [0.1, 0.15) is 0 Å². The number of benzodiazepines with no additional fused rings is 1. The van der Waals surface area contributed by atoms with Gasteiger partial charge in [-0.1, -0.05) is 43.5 Å². The van der Waals surface area contributed by atoms with Gasteiger partial charge in [-0.05, 0) is 74.1 Å². The fraction of sp³-hybridized carbons (Fsp3) is 0.323. The van der Waals surface area contributed by atoms with Gasteiger partial charge in [0.2, 0.25) is 6.17 Å². The minimum absolute atomic E-state index is 0.0747. The first-order chi connectivity index (χ1) is 18.9. The first kappa shape index (κ1) is 26.3. The maximum absolute atomic E-state index is 13.9. The molecule has 2 aliphatic rings. The summed E-state index contributed by atoms with van der Waals surface area (Å²) in [6.45, 7) is 3.40. The highest BCUT2D eigenvalue weighted by Crippen LogP contribution is 2.34. The van der Waals surface area contributed by atoms with Crippen molar-refractivity contribution in [3.05, 3.63) is 88.7 Å². The largest absolute Gasteiger partial charge is 0.324 e. The van der Waals surface area contributed by atoms with Crippen molar-refractivity contribution in [2.75, 3.05) is 10.6 Å². The number of nitrogens with zero attached hydrogens (tertiary/aromatic N) is 3. The van der Waals surface area contributed by atoms with Crippen molar-refractivity contribution in [3.63, 3.8) is 0 Å². The molecule has 1 saturated carbocycles. The van der Waals surface area contributed by atoms with Crippen molar-refractivity contribution in [3.8, 4) is 0 Å². The highest BCUT2D eigenvalue weighted by Gasteiger charge is 2.32. The Balaban J connectivity index is 1.47. The fourth-order valence-electron chi connectivity index (χ4n) is 5.43. The Bertz CT molecular complexity index is 1430. The van der Waals surface area contributed by atoms with Gasteiger partial charge >= 0.3 is 6.03 Å². The number of hydrogen-bond donors (Lipinski definition) is 2. The summed E-state index contributed by atoms with van der Waals surface area (Å²) >= 11 is 0. The number of nitrogens with one attached hydrogen (secondary N) is 2. The van der Waals surface area contributed by atoms with Gasteiger partial charge in [-0.25, -0.2) is 4.79 Å². The molecule has 2 aromatic carbocycles. The number of hydrogen-bond acceptors (Lipinski definition) is 5. The van der Waals surface area contributed by atoms with Gasteiger partial charge in [-0.15, -0.1) is 0 Å². The molecule has 1 aromatic heterocycles. The maximum atomic E-state index is 13.9. The van der Waals surface area contributed by atoms with E-state index in [0.29, 0.717) is 28.6 Å². The highest BCUT2D eigenvalue weighted by atomic mass is 16.2. The van der Waals surface area contributed by atoms with E-state index in [1.807, 2.05) is 37.3 Å². The average molecular weight is 524 g/mol. The lowest BCUT2D eigenvalue weighted by molar-refractivity contribution is -0.120. The van der Waals surface area contributed by atoms with Crippen LogP contribution in [0.25, 0.3) is 0 Å². The summed E-state index contributed by atoms with van der Waals surface area (Å²) in [5.74, 6) is -0.137. The van der Waals surface area contributed by atoms with Gasteiger partial charge in [-0.3, -0.25) is 24.5 Å². The lowest BCUT2D eigenvalue weighted by atomic mass is 9.83. The molecular formula is C31H33N5O3. The third-order valence-electron chi connectivity index (χ3n) is 7.38. The quantitative estimate of drug-likeness (QED) is 0.383. The summed E-state index contributed by atoms with van der Waals surface area (Å²) in [5, 5.41) is 5.89. The minimum Gasteiger partial charge on any atom is -0.322 e. The van der Waals surface area contributed by atoms with Crippen molar-refractivity contribution < 1.29 is 14.4 Å². The molecule has 0 saturated heterocycles. The zero-order valence-electron chi connectivity index (χ0n) is 22.3. The van der Waals surface area contributed by atoms with E-state index in [0.717, 1.165) is 24.0 Å². The van der Waals surface area contributed by atoms with E-state index in [4.69, 9.17) is 0 Å². The number of ketones is 1. The summed E-state index contributed by atoms with van der Waals surface area (Å²) in [6, 6.07) is 16.3. The number of carbonyl (C=O) groups excluding carboxylic acids is 3. The normalized spacial score (nSPS) is 17.1. The number of pyridine rings is 1. The molecule has 1 atom stereocenters. The van der Waals surface area contributed by atoms with Crippen LogP contribution in [0.1, 0.15) is 77.7 Å². The minimum atomic E-state index is -1.16. The lowest BCUT2D eigenvalue weighted by Gasteiger charge is -2.28. The summed E-state index contributed by atoms with van der Waals surface area (Å²) in [5.41, 5.74) is 5.10. The molecule has 0 bridgehead atoms. The Morgan fingerprint density at radius 1 is 1.05 bits per heavy atom. The molecule has 3 amide bonds. The molecule has 1 unspecified atom stereocenters. The molecule has 1 aliphatic carbocycles. The number of rotatable bonds is 6. The molecule has 5 rings (SSSR count). The van der Waals surface area contributed by atoms with Crippen molar-refractivity contribution in [2.24, 2.45) is 4.99 Å². The topological polar surface area (TPSA) is 104 Å². The van der Waals surface area contributed by atoms with Crippen LogP contribution in [-0.4, -0.2) is 40.0 Å². The van der Waals surface area contributed by atoms with Crippen LogP contribution in [0.2, 0.25) is 0 Å². The van der Waals surface area contributed by atoms with E-state index in [9.17, 15) is 14.4 Å². The molecule has 1 aliphatic heterocycles. The van der Waals surface area contributed by atoms with Crippen LogP contribution in [0.4, 0.5) is 16.2 Å². The summed E-state index contributed by atoms with van der Waals surface area (Å²) < 4.78 is 0. The number of anilines is 2. The van der Waals surface area contributed by atoms with Gasteiger partial charge in [-0.2, -0.15) is 0 Å². The fourth-order valence-corrected chi connectivity index (χ4v) is 5.43. The molecule has 2 N–H and O–H groups in total. The number of fused-ring (bicyclic) bond motifs is 1. The Morgan fingerprint density at radius 3 is 2.64 bits per heavy atom. The molecule has 1 fully saturated rings. The molecule has 0 radical (unpaired) electrons. The first-order valence-corrected chi connectivity index (χ1v) is 13.5. The van der Waals surface area contributed by atoms with Crippen molar-refractivity contribution in [1.82, 2.24) is 9.88 Å². The van der Waals surface area contributed by atoms with E-state index in [2.05, 4.69) is 26.7 Å². The smallest absolute Gasteiger partial charge is 0.322 e. The third kappa shape index (κ3) is 6.06. The molecule has 2 heterocycles. The predicted octanol–water partition coefficient (Wildman–Crippen LogP) is 6.07. The highest BCUT2D eigenvalue weighted by molar-refractivity contribution is 6.05. The summed E-state index contributed by atoms with van der Waals surface area (Å²) in [4.78, 5) is 49.8. The Hall–Kier alpha value is -4.33. The van der Waals surface area contributed by atoms with Crippen molar-refractivity contribution in [1.29, 1.82) is 0 Å². The van der Waals surface area contributed by atoms with Crippen LogP contribution in [0.3, 0.4) is 0 Å².